The molecule has 2 rings (SSSR count). The van der Waals surface area contributed by atoms with Crippen LogP contribution in [0.15, 0.2) is 30.6 Å². The van der Waals surface area contributed by atoms with Crippen LogP contribution in [0, 0.1) is 3.57 Å². The second kappa shape index (κ2) is 8.28. The molecule has 0 aliphatic rings. The first-order valence-corrected chi connectivity index (χ1v) is 10.2. The van der Waals surface area contributed by atoms with Gasteiger partial charge in [0.2, 0.25) is 10.0 Å². The number of methoxy groups -OCH3 is 1. The van der Waals surface area contributed by atoms with Crippen molar-refractivity contribution >= 4 is 56.0 Å². The van der Waals surface area contributed by atoms with Crippen LogP contribution >= 0.6 is 34.2 Å². The lowest BCUT2D eigenvalue weighted by molar-refractivity contribution is 0.0594. The number of esters is 1. The lowest BCUT2D eigenvalue weighted by atomic mass is 10.2. The van der Waals surface area contributed by atoms with Gasteiger partial charge in [-0.3, -0.25) is 4.31 Å². The first kappa shape index (κ1) is 19.9. The summed E-state index contributed by atoms with van der Waals surface area (Å²) in [5, 5.41) is 0.354. The van der Waals surface area contributed by atoms with Gasteiger partial charge in [0.05, 0.1) is 12.9 Å². The number of nitrogens with zero attached hydrogens (tertiary/aromatic N) is 3. The van der Waals surface area contributed by atoms with E-state index in [2.05, 4.69) is 37.3 Å². The Labute approximate surface area is 164 Å². The summed E-state index contributed by atoms with van der Waals surface area (Å²) in [6.07, 6.45) is 2.62. The van der Waals surface area contributed by atoms with Crippen LogP contribution in [0.3, 0.4) is 0 Å². The minimum Gasteiger partial charge on any atom is -0.464 e. The van der Waals surface area contributed by atoms with E-state index in [9.17, 15) is 13.2 Å². The highest BCUT2D eigenvalue weighted by atomic mass is 127. The fourth-order valence-corrected chi connectivity index (χ4v) is 4.56. The number of anilines is 1. The molecule has 0 fully saturated rings. The van der Waals surface area contributed by atoms with E-state index in [1.54, 1.807) is 25.1 Å². The zero-order valence-corrected chi connectivity index (χ0v) is 17.2. The van der Waals surface area contributed by atoms with Crippen LogP contribution in [-0.2, 0) is 20.5 Å². The zero-order chi connectivity index (χ0) is 18.6. The van der Waals surface area contributed by atoms with Gasteiger partial charge >= 0.3 is 5.97 Å². The number of ether oxygens (including phenoxy) is 1. The molecular formula is C15H15ClIN3O4S. The van der Waals surface area contributed by atoms with E-state index >= 15 is 0 Å². The van der Waals surface area contributed by atoms with Crippen LogP contribution in [0.25, 0.3) is 0 Å². The molecule has 0 aliphatic heterocycles. The van der Waals surface area contributed by atoms with E-state index in [4.69, 9.17) is 11.6 Å². The Hall–Kier alpha value is -1.46. The second-order valence-corrected chi connectivity index (χ2v) is 8.42. The first-order valence-electron chi connectivity index (χ1n) is 7.13. The van der Waals surface area contributed by atoms with Gasteiger partial charge in [-0.05, 0) is 53.3 Å². The van der Waals surface area contributed by atoms with Crippen LogP contribution in [0.1, 0.15) is 23.0 Å². The molecule has 0 saturated heterocycles. The van der Waals surface area contributed by atoms with Crippen molar-refractivity contribution < 1.29 is 17.9 Å². The van der Waals surface area contributed by atoms with Crippen molar-refractivity contribution in [3.63, 3.8) is 0 Å². The van der Waals surface area contributed by atoms with Crippen LogP contribution in [0.5, 0.6) is 0 Å². The highest BCUT2D eigenvalue weighted by Crippen LogP contribution is 2.25. The van der Waals surface area contributed by atoms with E-state index in [0.29, 0.717) is 10.6 Å². The number of carbonyl (C=O) groups is 1. The minimum atomic E-state index is -3.85. The SMILES string of the molecule is CCN(c1nccnc1C(=O)OC)S(=O)(=O)Cc1cc(I)ccc1Cl. The summed E-state index contributed by atoms with van der Waals surface area (Å²) >= 11 is 8.19. The average molecular weight is 496 g/mol. The number of hydrogen-bond donors (Lipinski definition) is 0. The highest BCUT2D eigenvalue weighted by molar-refractivity contribution is 14.1. The minimum absolute atomic E-state index is 0.0707. The highest BCUT2D eigenvalue weighted by Gasteiger charge is 2.29. The van der Waals surface area contributed by atoms with Crippen molar-refractivity contribution in [2.75, 3.05) is 18.0 Å². The summed E-state index contributed by atoms with van der Waals surface area (Å²) in [4.78, 5) is 19.8. The number of sulfonamides is 1. The van der Waals surface area contributed by atoms with Crippen molar-refractivity contribution in [1.82, 2.24) is 9.97 Å². The van der Waals surface area contributed by atoms with E-state index in [1.807, 2.05) is 0 Å². The molecule has 0 spiro atoms. The normalized spacial score (nSPS) is 11.2. The molecule has 0 saturated carbocycles. The fraction of sp³-hybridized carbons (Fsp3) is 0.267. The van der Waals surface area contributed by atoms with Gasteiger partial charge in [-0.15, -0.1) is 0 Å². The Morgan fingerprint density at radius 3 is 2.64 bits per heavy atom. The van der Waals surface area contributed by atoms with Gasteiger partial charge < -0.3 is 4.74 Å². The monoisotopic (exact) mass is 495 g/mol. The Bertz CT molecular complexity index is 892. The maximum atomic E-state index is 12.9. The van der Waals surface area contributed by atoms with Gasteiger partial charge in [0.1, 0.15) is 0 Å². The maximum absolute atomic E-state index is 12.9. The first-order chi connectivity index (χ1) is 11.8. The summed E-state index contributed by atoms with van der Waals surface area (Å²) in [6, 6.07) is 5.13. The molecule has 10 heteroatoms. The molecule has 134 valence electrons. The molecule has 25 heavy (non-hydrogen) atoms. The predicted molar refractivity (Wildman–Crippen MR) is 103 cm³/mol. The van der Waals surface area contributed by atoms with Crippen LogP contribution in [0.2, 0.25) is 5.02 Å². The second-order valence-electron chi connectivity index (χ2n) is 4.88. The van der Waals surface area contributed by atoms with Gasteiger partial charge in [-0.2, -0.15) is 0 Å². The third-order valence-electron chi connectivity index (χ3n) is 3.26. The van der Waals surface area contributed by atoms with Gasteiger partial charge in [0, 0.05) is 27.5 Å². The number of hydrogen-bond acceptors (Lipinski definition) is 6. The Morgan fingerprint density at radius 2 is 2.00 bits per heavy atom. The molecule has 0 N–H and O–H groups in total. The van der Waals surface area contributed by atoms with Gasteiger partial charge in [0.25, 0.3) is 0 Å². The van der Waals surface area contributed by atoms with E-state index in [-0.39, 0.29) is 23.8 Å². The van der Waals surface area contributed by atoms with Crippen molar-refractivity contribution in [1.29, 1.82) is 0 Å². The molecule has 0 unspecified atom stereocenters. The van der Waals surface area contributed by atoms with Crippen molar-refractivity contribution in [2.24, 2.45) is 0 Å². The lowest BCUT2D eigenvalue weighted by Gasteiger charge is -2.23. The van der Waals surface area contributed by atoms with Crippen LogP contribution in [0.4, 0.5) is 5.82 Å². The molecule has 7 nitrogen and oxygen atoms in total. The maximum Gasteiger partial charge on any atom is 0.360 e. The molecule has 0 radical (unpaired) electrons. The van der Waals surface area contributed by atoms with Crippen molar-refractivity contribution in [3.05, 3.63) is 50.4 Å². The number of carbonyl (C=O) groups excluding carboxylic acids is 1. The van der Waals surface area contributed by atoms with Gasteiger partial charge in [0.15, 0.2) is 11.5 Å². The zero-order valence-electron chi connectivity index (χ0n) is 13.4. The topological polar surface area (TPSA) is 89.5 Å². The molecule has 1 aromatic carbocycles. The van der Waals surface area contributed by atoms with E-state index < -0.39 is 16.0 Å². The average Bonchev–Trinajstić information content (AvgIpc) is 2.58. The van der Waals surface area contributed by atoms with E-state index in [1.165, 1.54) is 19.5 Å². The third kappa shape index (κ3) is 4.59. The molecule has 0 atom stereocenters. The number of rotatable bonds is 6. The third-order valence-corrected chi connectivity index (χ3v) is 6.08. The molecule has 1 aromatic heterocycles. The van der Waals surface area contributed by atoms with Crippen molar-refractivity contribution in [3.8, 4) is 0 Å². The summed E-state index contributed by atoms with van der Waals surface area (Å²) in [5.41, 5.74) is 0.305. The number of benzene rings is 1. The molecular weight excluding hydrogens is 481 g/mol. The van der Waals surface area contributed by atoms with E-state index in [0.717, 1.165) is 7.88 Å². The summed E-state index contributed by atoms with van der Waals surface area (Å²) in [7, 11) is -2.66. The number of halogens is 2. The van der Waals surface area contributed by atoms with Crippen molar-refractivity contribution in [2.45, 2.75) is 12.7 Å². The quantitative estimate of drug-likeness (QED) is 0.452. The summed E-state index contributed by atoms with van der Waals surface area (Å²) in [5.74, 6) is -1.16. The van der Waals surface area contributed by atoms with Gasteiger partial charge in [-0.25, -0.2) is 23.2 Å². The standard InChI is InChI=1S/C15H15ClIN3O4S/c1-3-20(14-13(15(21)24-2)18-6-7-19-14)25(22,23)9-10-8-11(17)4-5-12(10)16/h4-8H,3,9H2,1-2H3. The smallest absolute Gasteiger partial charge is 0.360 e. The largest absolute Gasteiger partial charge is 0.464 e. The molecule has 2 aromatic rings. The fourth-order valence-electron chi connectivity index (χ4n) is 2.16. The molecule has 1 heterocycles. The lowest BCUT2D eigenvalue weighted by Crippen LogP contribution is -2.34. The predicted octanol–water partition coefficient (Wildman–Crippen LogP) is 2.88. The van der Waals surface area contributed by atoms with Gasteiger partial charge in [-0.1, -0.05) is 11.6 Å². The summed E-state index contributed by atoms with van der Waals surface area (Å²) in [6.45, 7) is 1.72. The molecule has 0 aliphatic carbocycles. The number of aromatic nitrogens is 2. The Balaban J connectivity index is 2.46. The molecule has 0 bridgehead atoms. The summed E-state index contributed by atoms with van der Waals surface area (Å²) < 4.78 is 32.4. The molecule has 0 amide bonds. The van der Waals surface area contributed by atoms with Crippen LogP contribution in [-0.4, -0.2) is 38.0 Å². The Kier molecular flexibility index (Phi) is 6.58. The Morgan fingerprint density at radius 1 is 1.32 bits per heavy atom. The van der Waals surface area contributed by atoms with Crippen LogP contribution < -0.4 is 4.31 Å².